The minimum Gasteiger partial charge on any atom is -0.307 e. The number of halogens is 2. The van der Waals surface area contributed by atoms with E-state index in [-0.39, 0.29) is 12.1 Å². The molecule has 0 saturated heterocycles. The summed E-state index contributed by atoms with van der Waals surface area (Å²) in [5.74, 6) is 0. The molecule has 4 nitrogen and oxygen atoms in total. The maximum absolute atomic E-state index is 12.5. The highest BCUT2D eigenvalue weighted by Gasteiger charge is 2.08. The molecule has 3 rings (SSSR count). The van der Waals surface area contributed by atoms with Crippen molar-refractivity contribution < 1.29 is 0 Å². The third kappa shape index (κ3) is 2.89. The molecule has 106 valence electrons. The van der Waals surface area contributed by atoms with Gasteiger partial charge in [-0.05, 0) is 58.5 Å². The van der Waals surface area contributed by atoms with E-state index in [1.807, 2.05) is 6.07 Å². The van der Waals surface area contributed by atoms with Gasteiger partial charge in [-0.2, -0.15) is 0 Å². The van der Waals surface area contributed by atoms with E-state index in [0.29, 0.717) is 15.9 Å². The Hall–Kier alpha value is -1.60. The number of rotatable bonds is 2. The van der Waals surface area contributed by atoms with Crippen LogP contribution in [0, 0.1) is 3.57 Å². The quantitative estimate of drug-likeness (QED) is 0.658. The molecule has 0 bridgehead atoms. The Balaban J connectivity index is 2.16. The summed E-state index contributed by atoms with van der Waals surface area (Å²) >= 11 is 7.97. The predicted molar refractivity (Wildman–Crippen MR) is 92.1 cm³/mol. The molecule has 0 saturated carbocycles. The molecule has 0 aliphatic heterocycles. The van der Waals surface area contributed by atoms with Crippen molar-refractivity contribution in [2.75, 3.05) is 0 Å². The zero-order chi connectivity index (χ0) is 15.0. The summed E-state index contributed by atoms with van der Waals surface area (Å²) in [6.07, 6.45) is 0. The Morgan fingerprint density at radius 1 is 1.10 bits per heavy atom. The fraction of sp³-hybridized carbons (Fsp3) is 0.0667. The summed E-state index contributed by atoms with van der Waals surface area (Å²) in [7, 11) is 0. The summed E-state index contributed by atoms with van der Waals surface area (Å²) in [4.78, 5) is 27.3. The van der Waals surface area contributed by atoms with Crippen molar-refractivity contribution in [3.63, 3.8) is 0 Å². The van der Waals surface area contributed by atoms with Crippen LogP contribution in [0.1, 0.15) is 5.56 Å². The number of nitrogens with one attached hydrogen (secondary N) is 1. The second-order valence-corrected chi connectivity index (χ2v) is 6.32. The van der Waals surface area contributed by atoms with Gasteiger partial charge in [0.25, 0.3) is 5.56 Å². The zero-order valence-corrected chi connectivity index (χ0v) is 13.7. The standard InChI is InChI=1S/C15H10ClIN2O2/c16-10-3-1-9(2-4-10)8-19-14(20)12-7-11(17)5-6-13(12)18-15(19)21/h1-7H,8H2,(H,18,21). The Kier molecular flexibility index (Phi) is 3.86. The van der Waals surface area contributed by atoms with E-state index >= 15 is 0 Å². The summed E-state index contributed by atoms with van der Waals surface area (Å²) in [5.41, 5.74) is 0.695. The molecule has 1 heterocycles. The lowest BCUT2D eigenvalue weighted by Crippen LogP contribution is -2.35. The van der Waals surface area contributed by atoms with E-state index in [4.69, 9.17) is 11.6 Å². The fourth-order valence-electron chi connectivity index (χ4n) is 2.14. The van der Waals surface area contributed by atoms with Crippen molar-refractivity contribution in [3.05, 3.63) is 77.5 Å². The van der Waals surface area contributed by atoms with Crippen LogP contribution in [0.15, 0.2) is 52.1 Å². The second kappa shape index (κ2) is 5.65. The average molecular weight is 413 g/mol. The first-order chi connectivity index (χ1) is 10.0. The van der Waals surface area contributed by atoms with Crippen LogP contribution in [-0.4, -0.2) is 9.55 Å². The maximum atomic E-state index is 12.5. The van der Waals surface area contributed by atoms with Crippen molar-refractivity contribution in [3.8, 4) is 0 Å². The van der Waals surface area contributed by atoms with E-state index in [2.05, 4.69) is 27.6 Å². The first kappa shape index (κ1) is 14.3. The lowest BCUT2D eigenvalue weighted by Gasteiger charge is -2.07. The van der Waals surface area contributed by atoms with Gasteiger partial charge in [-0.25, -0.2) is 4.79 Å². The van der Waals surface area contributed by atoms with Gasteiger partial charge in [0, 0.05) is 8.59 Å². The second-order valence-electron chi connectivity index (χ2n) is 4.64. The van der Waals surface area contributed by atoms with Crippen LogP contribution >= 0.6 is 34.2 Å². The van der Waals surface area contributed by atoms with E-state index in [9.17, 15) is 9.59 Å². The molecule has 6 heteroatoms. The molecule has 2 aromatic carbocycles. The topological polar surface area (TPSA) is 54.9 Å². The third-order valence-electron chi connectivity index (χ3n) is 3.20. The highest BCUT2D eigenvalue weighted by atomic mass is 127. The van der Waals surface area contributed by atoms with Gasteiger partial charge in [-0.15, -0.1) is 0 Å². The minimum absolute atomic E-state index is 0.215. The lowest BCUT2D eigenvalue weighted by atomic mass is 10.2. The highest BCUT2D eigenvalue weighted by Crippen LogP contribution is 2.12. The number of aromatic amines is 1. The minimum atomic E-state index is -0.413. The van der Waals surface area contributed by atoms with Crippen molar-refractivity contribution in [2.45, 2.75) is 6.54 Å². The van der Waals surface area contributed by atoms with Crippen LogP contribution < -0.4 is 11.2 Å². The van der Waals surface area contributed by atoms with Crippen LogP contribution in [0.4, 0.5) is 0 Å². The molecule has 0 aliphatic carbocycles. The van der Waals surface area contributed by atoms with Crippen LogP contribution in [-0.2, 0) is 6.54 Å². The van der Waals surface area contributed by atoms with Crippen molar-refractivity contribution in [1.82, 2.24) is 9.55 Å². The highest BCUT2D eigenvalue weighted by molar-refractivity contribution is 14.1. The Morgan fingerprint density at radius 2 is 1.81 bits per heavy atom. The first-order valence-corrected chi connectivity index (χ1v) is 7.67. The maximum Gasteiger partial charge on any atom is 0.329 e. The Labute approximate surface area is 138 Å². The van der Waals surface area contributed by atoms with Gasteiger partial charge >= 0.3 is 5.69 Å². The van der Waals surface area contributed by atoms with Crippen LogP contribution in [0.25, 0.3) is 10.9 Å². The molecule has 0 amide bonds. The Bertz CT molecular complexity index is 929. The molecule has 0 fully saturated rings. The lowest BCUT2D eigenvalue weighted by molar-refractivity contribution is 0.711. The molecule has 0 spiro atoms. The van der Waals surface area contributed by atoms with Gasteiger partial charge in [-0.1, -0.05) is 23.7 Å². The van der Waals surface area contributed by atoms with Crippen LogP contribution in [0.2, 0.25) is 5.02 Å². The van der Waals surface area contributed by atoms with Gasteiger partial charge in [0.15, 0.2) is 0 Å². The number of benzene rings is 2. The van der Waals surface area contributed by atoms with Gasteiger partial charge in [-0.3, -0.25) is 9.36 Å². The van der Waals surface area contributed by atoms with Gasteiger partial charge < -0.3 is 4.98 Å². The molecule has 0 atom stereocenters. The molecular formula is C15H10ClIN2O2. The smallest absolute Gasteiger partial charge is 0.307 e. The van der Waals surface area contributed by atoms with Gasteiger partial charge in [0.1, 0.15) is 0 Å². The van der Waals surface area contributed by atoms with E-state index in [1.54, 1.807) is 36.4 Å². The molecule has 1 aromatic heterocycles. The fourth-order valence-corrected chi connectivity index (χ4v) is 2.76. The average Bonchev–Trinajstić information content (AvgIpc) is 2.46. The number of nitrogens with zero attached hydrogens (tertiary/aromatic N) is 1. The van der Waals surface area contributed by atoms with E-state index < -0.39 is 5.69 Å². The van der Waals surface area contributed by atoms with Crippen molar-refractivity contribution in [1.29, 1.82) is 0 Å². The number of aromatic nitrogens is 2. The molecule has 0 unspecified atom stereocenters. The molecule has 0 aliphatic rings. The normalized spacial score (nSPS) is 11.0. The SMILES string of the molecule is O=c1[nH]c2ccc(I)cc2c(=O)n1Cc1ccc(Cl)cc1. The number of hydrogen-bond acceptors (Lipinski definition) is 2. The molecule has 1 N–H and O–H groups in total. The van der Waals surface area contributed by atoms with E-state index in [1.165, 1.54) is 4.57 Å². The van der Waals surface area contributed by atoms with Crippen LogP contribution in [0.3, 0.4) is 0 Å². The number of H-pyrrole nitrogens is 1. The summed E-state index contributed by atoms with van der Waals surface area (Å²) in [6.45, 7) is 0.215. The first-order valence-electron chi connectivity index (χ1n) is 6.21. The third-order valence-corrected chi connectivity index (χ3v) is 4.12. The monoisotopic (exact) mass is 412 g/mol. The Morgan fingerprint density at radius 3 is 2.52 bits per heavy atom. The number of fused-ring (bicyclic) bond motifs is 1. The molecule has 21 heavy (non-hydrogen) atoms. The molecular weight excluding hydrogens is 403 g/mol. The molecule has 0 radical (unpaired) electrons. The van der Waals surface area contributed by atoms with Crippen LogP contribution in [0.5, 0.6) is 0 Å². The van der Waals surface area contributed by atoms with Crippen molar-refractivity contribution >= 4 is 45.1 Å². The van der Waals surface area contributed by atoms with E-state index in [0.717, 1.165) is 9.13 Å². The summed E-state index contributed by atoms with van der Waals surface area (Å²) < 4.78 is 2.14. The number of hydrogen-bond donors (Lipinski definition) is 1. The summed E-state index contributed by atoms with van der Waals surface area (Å²) in [5, 5.41) is 1.13. The van der Waals surface area contributed by atoms with Gasteiger partial charge in [0.05, 0.1) is 17.4 Å². The largest absolute Gasteiger partial charge is 0.329 e. The molecule has 3 aromatic rings. The zero-order valence-electron chi connectivity index (χ0n) is 10.8. The van der Waals surface area contributed by atoms with Gasteiger partial charge in [0.2, 0.25) is 0 Å². The predicted octanol–water partition coefficient (Wildman–Crippen LogP) is 3.00. The van der Waals surface area contributed by atoms with Crippen molar-refractivity contribution in [2.24, 2.45) is 0 Å². The summed E-state index contributed by atoms with van der Waals surface area (Å²) in [6, 6.07) is 12.4.